The Bertz CT molecular complexity index is 1010. The number of non-ortho nitro benzene ring substituents is 1. The van der Waals surface area contributed by atoms with Crippen LogP contribution < -0.4 is 9.80 Å². The number of carbonyl (C=O) groups excluding carboxylic acids is 1. The number of ether oxygens (including phenoxy) is 1. The van der Waals surface area contributed by atoms with Gasteiger partial charge in [-0.05, 0) is 18.2 Å². The summed E-state index contributed by atoms with van der Waals surface area (Å²) < 4.78 is 5.39. The molecule has 0 atom stereocenters. The van der Waals surface area contributed by atoms with Gasteiger partial charge in [0.05, 0.1) is 35.0 Å². The Morgan fingerprint density at radius 3 is 2.42 bits per heavy atom. The maximum Gasteiger partial charge on any atom is 0.270 e. The number of nitriles is 1. The van der Waals surface area contributed by atoms with Crippen LogP contribution in [-0.4, -0.2) is 73.2 Å². The Labute approximate surface area is 179 Å². The number of anilines is 2. The van der Waals surface area contributed by atoms with Gasteiger partial charge in [0.2, 0.25) is 0 Å². The molecule has 0 bridgehead atoms. The maximum atomic E-state index is 13.3. The first-order valence-corrected chi connectivity index (χ1v) is 10.1. The van der Waals surface area contributed by atoms with Crippen molar-refractivity contribution in [3.63, 3.8) is 0 Å². The van der Waals surface area contributed by atoms with Gasteiger partial charge in [0.1, 0.15) is 11.9 Å². The van der Waals surface area contributed by atoms with Crippen LogP contribution in [0, 0.1) is 21.4 Å². The van der Waals surface area contributed by atoms with Gasteiger partial charge in [-0.1, -0.05) is 0 Å². The molecule has 10 nitrogen and oxygen atoms in total. The molecule has 4 rings (SSSR count). The van der Waals surface area contributed by atoms with Crippen LogP contribution in [0.2, 0.25) is 0 Å². The number of morpholine rings is 1. The molecule has 160 valence electrons. The summed E-state index contributed by atoms with van der Waals surface area (Å²) in [6, 6.07) is 10.0. The maximum absolute atomic E-state index is 13.3. The average molecular weight is 422 g/mol. The first-order valence-electron chi connectivity index (χ1n) is 10.1. The molecule has 1 aromatic carbocycles. The molecule has 31 heavy (non-hydrogen) atoms. The second kappa shape index (κ2) is 8.97. The summed E-state index contributed by atoms with van der Waals surface area (Å²) in [5, 5.41) is 20.2. The van der Waals surface area contributed by atoms with Crippen LogP contribution in [0.25, 0.3) is 0 Å². The SMILES string of the molecule is N#Cc1ccc(N2CCN(C(=O)c3cc([N+](=O)[O-])ccc3N3CCOCC3)CC2)nc1. The number of nitrogens with zero attached hydrogens (tertiary/aromatic N) is 6. The Hall–Kier alpha value is -3.71. The van der Waals surface area contributed by atoms with Gasteiger partial charge in [0.15, 0.2) is 0 Å². The van der Waals surface area contributed by atoms with Gasteiger partial charge >= 0.3 is 0 Å². The molecular weight excluding hydrogens is 400 g/mol. The van der Waals surface area contributed by atoms with Gasteiger partial charge in [-0.2, -0.15) is 5.26 Å². The van der Waals surface area contributed by atoms with Crippen LogP contribution in [0.4, 0.5) is 17.2 Å². The predicted molar refractivity (Wildman–Crippen MR) is 113 cm³/mol. The van der Waals surface area contributed by atoms with Crippen molar-refractivity contribution in [3.8, 4) is 6.07 Å². The highest BCUT2D eigenvalue weighted by Crippen LogP contribution is 2.28. The van der Waals surface area contributed by atoms with E-state index >= 15 is 0 Å². The lowest BCUT2D eigenvalue weighted by Crippen LogP contribution is -2.49. The fraction of sp³-hybridized carbons (Fsp3) is 0.381. The van der Waals surface area contributed by atoms with Crippen LogP contribution >= 0.6 is 0 Å². The number of rotatable bonds is 4. The molecule has 10 heteroatoms. The van der Waals surface area contributed by atoms with E-state index in [1.807, 2.05) is 11.0 Å². The summed E-state index contributed by atoms with van der Waals surface area (Å²) >= 11 is 0. The van der Waals surface area contributed by atoms with E-state index in [4.69, 9.17) is 10.00 Å². The third-order valence-electron chi connectivity index (χ3n) is 5.54. The Morgan fingerprint density at radius 1 is 1.06 bits per heavy atom. The highest BCUT2D eigenvalue weighted by atomic mass is 16.6. The molecule has 2 saturated heterocycles. The lowest BCUT2D eigenvalue weighted by Gasteiger charge is -2.36. The molecule has 3 heterocycles. The molecule has 2 fully saturated rings. The monoisotopic (exact) mass is 422 g/mol. The van der Waals surface area contributed by atoms with Crippen LogP contribution in [0.15, 0.2) is 36.5 Å². The lowest BCUT2D eigenvalue weighted by molar-refractivity contribution is -0.384. The summed E-state index contributed by atoms with van der Waals surface area (Å²) in [6.45, 7) is 4.52. The minimum Gasteiger partial charge on any atom is -0.378 e. The van der Waals surface area contributed by atoms with Crippen molar-refractivity contribution in [1.29, 1.82) is 5.26 Å². The first-order chi connectivity index (χ1) is 15.1. The summed E-state index contributed by atoms with van der Waals surface area (Å²) in [4.78, 5) is 34.3. The van der Waals surface area contributed by atoms with Gasteiger partial charge in [-0.25, -0.2) is 4.98 Å². The van der Waals surface area contributed by atoms with Gasteiger partial charge in [-0.3, -0.25) is 14.9 Å². The number of pyridine rings is 1. The van der Waals surface area contributed by atoms with Gasteiger partial charge in [-0.15, -0.1) is 0 Å². The molecule has 0 spiro atoms. The number of aromatic nitrogens is 1. The molecule has 2 aliphatic rings. The smallest absolute Gasteiger partial charge is 0.270 e. The Kier molecular flexibility index (Phi) is 5.95. The van der Waals surface area contributed by atoms with Crippen molar-refractivity contribution >= 4 is 23.1 Å². The first kappa shape index (κ1) is 20.6. The number of hydrogen-bond acceptors (Lipinski definition) is 8. The van der Waals surface area contributed by atoms with Crippen molar-refractivity contribution in [2.75, 3.05) is 62.3 Å². The zero-order valence-corrected chi connectivity index (χ0v) is 16.9. The van der Waals surface area contributed by atoms with Gasteiger partial charge in [0.25, 0.3) is 11.6 Å². The van der Waals surface area contributed by atoms with E-state index in [0.29, 0.717) is 69.3 Å². The lowest BCUT2D eigenvalue weighted by atomic mass is 10.1. The van der Waals surface area contributed by atoms with Crippen molar-refractivity contribution < 1.29 is 14.5 Å². The topological polar surface area (TPSA) is 116 Å². The number of nitro benzene ring substituents is 1. The number of hydrogen-bond donors (Lipinski definition) is 0. The highest BCUT2D eigenvalue weighted by Gasteiger charge is 2.28. The number of nitro groups is 1. The predicted octanol–water partition coefficient (Wildman–Crippen LogP) is 1.66. The van der Waals surface area contributed by atoms with Crippen LogP contribution in [0.5, 0.6) is 0 Å². The van der Waals surface area contributed by atoms with Crippen molar-refractivity contribution in [2.45, 2.75) is 0 Å². The molecule has 2 aliphatic heterocycles. The fourth-order valence-corrected chi connectivity index (χ4v) is 3.84. The molecule has 1 amide bonds. The Morgan fingerprint density at radius 2 is 1.81 bits per heavy atom. The third kappa shape index (κ3) is 4.41. The summed E-state index contributed by atoms with van der Waals surface area (Å²) in [5.74, 6) is 0.549. The zero-order chi connectivity index (χ0) is 21.8. The van der Waals surface area contributed by atoms with Crippen molar-refractivity contribution in [1.82, 2.24) is 9.88 Å². The molecule has 0 saturated carbocycles. The van der Waals surface area contributed by atoms with E-state index in [2.05, 4.69) is 9.88 Å². The number of benzene rings is 1. The van der Waals surface area contributed by atoms with E-state index in [0.717, 1.165) is 5.82 Å². The second-order valence-electron chi connectivity index (χ2n) is 7.35. The van der Waals surface area contributed by atoms with Gasteiger partial charge in [0, 0.05) is 57.6 Å². The molecular formula is C21H22N6O4. The Balaban J connectivity index is 1.51. The molecule has 2 aromatic rings. The summed E-state index contributed by atoms with van der Waals surface area (Å²) in [5.41, 5.74) is 1.45. The largest absolute Gasteiger partial charge is 0.378 e. The van der Waals surface area contributed by atoms with E-state index in [1.54, 1.807) is 23.1 Å². The van der Waals surface area contributed by atoms with Crippen LogP contribution in [0.1, 0.15) is 15.9 Å². The highest BCUT2D eigenvalue weighted by molar-refractivity contribution is 6.00. The second-order valence-corrected chi connectivity index (χ2v) is 7.35. The summed E-state index contributed by atoms with van der Waals surface area (Å²) in [7, 11) is 0. The standard InChI is InChI=1S/C21H22N6O4/c22-14-16-1-4-20(23-15-16)25-5-7-26(8-6-25)21(28)18-13-17(27(29)30)2-3-19(18)24-9-11-31-12-10-24/h1-4,13,15H,5-12H2. The van der Waals surface area contributed by atoms with E-state index in [9.17, 15) is 14.9 Å². The quantitative estimate of drug-likeness (QED) is 0.540. The van der Waals surface area contributed by atoms with Crippen molar-refractivity contribution in [3.05, 3.63) is 57.8 Å². The minimum absolute atomic E-state index is 0.0965. The third-order valence-corrected chi connectivity index (χ3v) is 5.54. The molecule has 0 radical (unpaired) electrons. The normalized spacial score (nSPS) is 16.7. The van der Waals surface area contributed by atoms with Crippen LogP contribution in [0.3, 0.4) is 0 Å². The minimum atomic E-state index is -0.478. The summed E-state index contributed by atoms with van der Waals surface area (Å²) in [6.07, 6.45) is 1.53. The zero-order valence-electron chi connectivity index (χ0n) is 16.9. The van der Waals surface area contributed by atoms with Crippen molar-refractivity contribution in [2.24, 2.45) is 0 Å². The molecule has 0 aliphatic carbocycles. The van der Waals surface area contributed by atoms with E-state index in [1.165, 1.54) is 18.3 Å². The number of carbonyl (C=O) groups is 1. The van der Waals surface area contributed by atoms with Crippen LogP contribution in [-0.2, 0) is 4.74 Å². The average Bonchev–Trinajstić information content (AvgIpc) is 2.84. The van der Waals surface area contributed by atoms with E-state index < -0.39 is 4.92 Å². The number of piperazine rings is 1. The number of amides is 1. The molecule has 0 unspecified atom stereocenters. The fourth-order valence-electron chi connectivity index (χ4n) is 3.84. The van der Waals surface area contributed by atoms with E-state index in [-0.39, 0.29) is 11.6 Å². The van der Waals surface area contributed by atoms with Gasteiger partial charge < -0.3 is 19.4 Å². The molecule has 0 N–H and O–H groups in total. The molecule has 1 aromatic heterocycles.